The number of ketones is 1. The molecule has 4 N–H and O–H groups in total. The minimum atomic E-state index is -1.03. The van der Waals surface area contributed by atoms with Gasteiger partial charge in [-0.3, -0.25) is 4.79 Å². The molecule has 0 spiro atoms. The quantitative estimate of drug-likeness (QED) is 0.608. The van der Waals surface area contributed by atoms with Crippen LogP contribution in [0.4, 0.5) is 0 Å². The Kier molecular flexibility index (Phi) is 4.01. The summed E-state index contributed by atoms with van der Waals surface area (Å²) in [5.74, 6) is -1.10. The molecule has 0 saturated heterocycles. The first-order valence-electron chi connectivity index (χ1n) is 6.26. The normalized spacial score (nSPS) is 21.8. The third-order valence-corrected chi connectivity index (χ3v) is 3.85. The van der Waals surface area contributed by atoms with Gasteiger partial charge in [0.1, 0.15) is 0 Å². The molecule has 2 rings (SSSR count). The van der Waals surface area contributed by atoms with E-state index in [4.69, 9.17) is 5.11 Å². The first-order chi connectivity index (χ1) is 9.06. The summed E-state index contributed by atoms with van der Waals surface area (Å²) in [5.41, 5.74) is 2.91. The Morgan fingerprint density at radius 2 is 1.95 bits per heavy atom. The second-order valence-electron chi connectivity index (χ2n) is 4.83. The zero-order chi connectivity index (χ0) is 14.2. The van der Waals surface area contributed by atoms with E-state index in [0.29, 0.717) is 28.7 Å². The van der Waals surface area contributed by atoms with Crippen LogP contribution in [0, 0.1) is 12.8 Å². The lowest BCUT2D eigenvalue weighted by Crippen LogP contribution is -2.17. The van der Waals surface area contributed by atoms with Gasteiger partial charge in [-0.15, -0.1) is 0 Å². The van der Waals surface area contributed by atoms with Crippen LogP contribution in [0.15, 0.2) is 6.07 Å². The summed E-state index contributed by atoms with van der Waals surface area (Å²) in [4.78, 5) is 12.2. The summed E-state index contributed by atoms with van der Waals surface area (Å²) >= 11 is 0. The zero-order valence-corrected chi connectivity index (χ0v) is 10.8. The highest BCUT2D eigenvalue weighted by molar-refractivity contribution is 6.04. The van der Waals surface area contributed by atoms with Crippen LogP contribution in [0.25, 0.3) is 0 Å². The molecule has 0 fully saturated rings. The molecule has 19 heavy (non-hydrogen) atoms. The molecule has 104 valence electrons. The lowest BCUT2D eigenvalue weighted by Gasteiger charge is -2.15. The molecule has 5 nitrogen and oxygen atoms in total. The number of aliphatic hydroxyl groups excluding tert-OH is 4. The molecule has 2 atom stereocenters. The predicted molar refractivity (Wildman–Crippen MR) is 67.8 cm³/mol. The highest BCUT2D eigenvalue weighted by Crippen LogP contribution is 2.39. The van der Waals surface area contributed by atoms with Crippen molar-refractivity contribution in [2.24, 2.45) is 5.92 Å². The smallest absolute Gasteiger partial charge is 0.171 e. The average molecular weight is 266 g/mol. The van der Waals surface area contributed by atoms with E-state index in [1.807, 2.05) is 0 Å². The van der Waals surface area contributed by atoms with E-state index >= 15 is 0 Å². The molecule has 1 aromatic rings. The molecule has 1 aliphatic carbocycles. The Bertz CT molecular complexity index is 509. The zero-order valence-electron chi connectivity index (χ0n) is 10.8. The van der Waals surface area contributed by atoms with Crippen LogP contribution >= 0.6 is 0 Å². The molecule has 2 unspecified atom stereocenters. The number of hydrogen-bond acceptors (Lipinski definition) is 5. The van der Waals surface area contributed by atoms with Crippen molar-refractivity contribution in [1.82, 2.24) is 0 Å². The third kappa shape index (κ3) is 2.08. The van der Waals surface area contributed by atoms with E-state index in [0.717, 1.165) is 5.56 Å². The predicted octanol–water partition coefficient (Wildman–Crippen LogP) is -0.140. The van der Waals surface area contributed by atoms with Gasteiger partial charge in [-0.25, -0.2) is 0 Å². The van der Waals surface area contributed by atoms with Gasteiger partial charge in [0.15, 0.2) is 5.78 Å². The molecule has 0 heterocycles. The Morgan fingerprint density at radius 3 is 2.47 bits per heavy atom. The number of rotatable bonds is 4. The van der Waals surface area contributed by atoms with E-state index in [1.54, 1.807) is 13.0 Å². The topological polar surface area (TPSA) is 98.0 Å². The minimum absolute atomic E-state index is 0.0766. The largest absolute Gasteiger partial charge is 0.396 e. The van der Waals surface area contributed by atoms with E-state index in [-0.39, 0.29) is 19.0 Å². The van der Waals surface area contributed by atoms with E-state index in [1.165, 1.54) is 0 Å². The molecule has 1 aromatic carbocycles. The molecule has 0 amide bonds. The first kappa shape index (κ1) is 14.1. The van der Waals surface area contributed by atoms with E-state index in [2.05, 4.69) is 0 Å². The summed E-state index contributed by atoms with van der Waals surface area (Å²) in [7, 11) is 0. The van der Waals surface area contributed by atoms with E-state index < -0.39 is 18.6 Å². The number of fused-ring (bicyclic) bond motifs is 1. The first-order valence-corrected chi connectivity index (χ1v) is 6.26. The fraction of sp³-hybridized carbons (Fsp3) is 0.500. The van der Waals surface area contributed by atoms with Crippen LogP contribution in [-0.4, -0.2) is 39.4 Å². The van der Waals surface area contributed by atoms with Crippen molar-refractivity contribution in [1.29, 1.82) is 0 Å². The van der Waals surface area contributed by atoms with Crippen molar-refractivity contribution in [2.75, 3.05) is 13.2 Å². The van der Waals surface area contributed by atoms with Crippen molar-refractivity contribution in [3.05, 3.63) is 33.9 Å². The van der Waals surface area contributed by atoms with Crippen LogP contribution in [0.2, 0.25) is 0 Å². The molecule has 5 heteroatoms. The molecular formula is C14H18O5. The monoisotopic (exact) mass is 266 g/mol. The Balaban J connectivity index is 2.63. The van der Waals surface area contributed by atoms with Gasteiger partial charge in [0.2, 0.25) is 0 Å². The standard InChI is InChI=1S/C14H18O5/c1-7-9(2-3-15)8(5-16)4-10-12(7)14(19)11(6-17)13(10)18/h4,11,13,15-18H,2-3,5-6H2,1H3. The lowest BCUT2D eigenvalue weighted by molar-refractivity contribution is 0.0592. The maximum atomic E-state index is 12.2. The maximum Gasteiger partial charge on any atom is 0.171 e. The number of Topliss-reactive ketones (excluding diaryl/α,β-unsaturated/α-hetero) is 1. The maximum absolute atomic E-state index is 12.2. The van der Waals surface area contributed by atoms with Crippen molar-refractivity contribution < 1.29 is 25.2 Å². The summed E-state index contributed by atoms with van der Waals surface area (Å²) in [6.45, 7) is 1.05. The number of hydrogen-bond donors (Lipinski definition) is 4. The average Bonchev–Trinajstić information content (AvgIpc) is 2.64. The van der Waals surface area contributed by atoms with Gasteiger partial charge in [-0.05, 0) is 41.7 Å². The Labute approximate surface area is 111 Å². The minimum Gasteiger partial charge on any atom is -0.396 e. The molecule has 0 aliphatic heterocycles. The fourth-order valence-electron chi connectivity index (χ4n) is 2.84. The summed E-state index contributed by atoms with van der Waals surface area (Å²) < 4.78 is 0. The number of aliphatic hydroxyl groups is 4. The third-order valence-electron chi connectivity index (χ3n) is 3.85. The fourth-order valence-corrected chi connectivity index (χ4v) is 2.84. The van der Waals surface area contributed by atoms with Crippen LogP contribution in [0.1, 0.15) is 38.7 Å². The van der Waals surface area contributed by atoms with Crippen LogP contribution in [0.3, 0.4) is 0 Å². The highest BCUT2D eigenvalue weighted by Gasteiger charge is 2.40. The van der Waals surface area contributed by atoms with Crippen molar-refractivity contribution in [2.45, 2.75) is 26.1 Å². The molecule has 0 saturated carbocycles. The molecule has 0 aromatic heterocycles. The van der Waals surface area contributed by atoms with Gasteiger partial charge in [-0.1, -0.05) is 0 Å². The van der Waals surface area contributed by atoms with Gasteiger partial charge in [-0.2, -0.15) is 0 Å². The summed E-state index contributed by atoms with van der Waals surface area (Å²) in [6.07, 6.45) is -0.679. The SMILES string of the molecule is Cc1c(CCO)c(CO)cc2c1C(=O)C(CO)C2O. The van der Waals surface area contributed by atoms with Gasteiger partial charge in [0.05, 0.1) is 25.2 Å². The number of benzene rings is 1. The molecule has 0 radical (unpaired) electrons. The number of carbonyl (C=O) groups is 1. The summed E-state index contributed by atoms with van der Waals surface area (Å²) in [6, 6.07) is 1.60. The van der Waals surface area contributed by atoms with Gasteiger partial charge in [0.25, 0.3) is 0 Å². The van der Waals surface area contributed by atoms with Gasteiger partial charge in [0, 0.05) is 12.2 Å². The second-order valence-corrected chi connectivity index (χ2v) is 4.83. The highest BCUT2D eigenvalue weighted by atomic mass is 16.3. The van der Waals surface area contributed by atoms with Gasteiger partial charge < -0.3 is 20.4 Å². The van der Waals surface area contributed by atoms with Crippen LogP contribution in [-0.2, 0) is 13.0 Å². The Hall–Kier alpha value is -1.27. The number of carbonyl (C=O) groups excluding carboxylic acids is 1. The van der Waals surface area contributed by atoms with Gasteiger partial charge >= 0.3 is 0 Å². The molecule has 1 aliphatic rings. The molecular weight excluding hydrogens is 248 g/mol. The lowest BCUT2D eigenvalue weighted by atomic mass is 9.91. The van der Waals surface area contributed by atoms with Crippen molar-refractivity contribution in [3.8, 4) is 0 Å². The van der Waals surface area contributed by atoms with E-state index in [9.17, 15) is 20.1 Å². The van der Waals surface area contributed by atoms with Crippen LogP contribution in [0.5, 0.6) is 0 Å². The Morgan fingerprint density at radius 1 is 1.26 bits per heavy atom. The van der Waals surface area contributed by atoms with Crippen LogP contribution < -0.4 is 0 Å². The second kappa shape index (κ2) is 5.38. The summed E-state index contributed by atoms with van der Waals surface area (Å²) in [5, 5.41) is 37.7. The van der Waals surface area contributed by atoms with Crippen molar-refractivity contribution >= 4 is 5.78 Å². The van der Waals surface area contributed by atoms with Crippen molar-refractivity contribution in [3.63, 3.8) is 0 Å². The molecule has 0 bridgehead atoms.